The van der Waals surface area contributed by atoms with Crippen LogP contribution < -0.4 is 20.1 Å². The number of benzene rings is 1. The van der Waals surface area contributed by atoms with Crippen LogP contribution in [0, 0.1) is 0 Å². The maximum absolute atomic E-state index is 5.74. The number of nitrogens with zero attached hydrogens (tertiary/aromatic N) is 2. The molecule has 152 valence electrons. The second kappa shape index (κ2) is 11.0. The molecule has 1 aliphatic heterocycles. The first kappa shape index (κ1) is 21.3. The lowest BCUT2D eigenvalue weighted by Gasteiger charge is -2.41. The summed E-state index contributed by atoms with van der Waals surface area (Å²) in [4.78, 5) is 6.77. The Kier molecular flexibility index (Phi) is 8.67. The Morgan fingerprint density at radius 3 is 2.44 bits per heavy atom. The zero-order valence-corrected chi connectivity index (χ0v) is 17.1. The highest BCUT2D eigenvalue weighted by Crippen LogP contribution is 2.17. The minimum atomic E-state index is 0.0544. The first-order valence-corrected chi connectivity index (χ1v) is 9.59. The van der Waals surface area contributed by atoms with Gasteiger partial charge < -0.3 is 24.8 Å². The molecule has 7 heteroatoms. The lowest BCUT2D eigenvalue weighted by molar-refractivity contribution is -0.00833. The Morgan fingerprint density at radius 2 is 1.81 bits per heavy atom. The van der Waals surface area contributed by atoms with Crippen LogP contribution in [-0.4, -0.2) is 76.6 Å². The highest BCUT2D eigenvalue weighted by Gasteiger charge is 2.28. The fraction of sp³-hybridized carbons (Fsp3) is 0.650. The Morgan fingerprint density at radius 1 is 1.15 bits per heavy atom. The van der Waals surface area contributed by atoms with E-state index in [1.807, 2.05) is 24.3 Å². The summed E-state index contributed by atoms with van der Waals surface area (Å²) in [7, 11) is 3.45. The van der Waals surface area contributed by atoms with E-state index < -0.39 is 0 Å². The average Bonchev–Trinajstić information content (AvgIpc) is 2.71. The molecule has 1 aromatic rings. The van der Waals surface area contributed by atoms with Crippen LogP contribution in [0.3, 0.4) is 0 Å². The van der Waals surface area contributed by atoms with Gasteiger partial charge in [0.2, 0.25) is 0 Å². The molecule has 1 aliphatic rings. The van der Waals surface area contributed by atoms with Crippen molar-refractivity contribution in [3.05, 3.63) is 24.3 Å². The quantitative estimate of drug-likeness (QED) is 0.388. The summed E-state index contributed by atoms with van der Waals surface area (Å²) in [5.41, 5.74) is 0.0544. The van der Waals surface area contributed by atoms with Gasteiger partial charge in [0.1, 0.15) is 11.5 Å². The van der Waals surface area contributed by atoms with Crippen molar-refractivity contribution in [1.29, 1.82) is 0 Å². The number of rotatable bonds is 9. The van der Waals surface area contributed by atoms with Crippen molar-refractivity contribution >= 4 is 5.96 Å². The molecule has 0 bridgehead atoms. The molecule has 1 saturated heterocycles. The van der Waals surface area contributed by atoms with Crippen LogP contribution in [0.25, 0.3) is 0 Å². The van der Waals surface area contributed by atoms with Gasteiger partial charge in [-0.25, -0.2) is 0 Å². The molecule has 0 amide bonds. The fourth-order valence-electron chi connectivity index (χ4n) is 2.94. The molecule has 0 saturated carbocycles. The lowest BCUT2D eigenvalue weighted by atomic mass is 10.0. The Hall–Kier alpha value is -1.99. The smallest absolute Gasteiger partial charge is 0.191 e. The van der Waals surface area contributed by atoms with Crippen LogP contribution in [0.1, 0.15) is 20.3 Å². The zero-order chi connectivity index (χ0) is 19.5. The van der Waals surface area contributed by atoms with Crippen molar-refractivity contribution < 1.29 is 14.2 Å². The van der Waals surface area contributed by atoms with Gasteiger partial charge >= 0.3 is 0 Å². The summed E-state index contributed by atoms with van der Waals surface area (Å²) < 4.78 is 16.3. The average molecular weight is 379 g/mol. The van der Waals surface area contributed by atoms with Crippen molar-refractivity contribution in [3.63, 3.8) is 0 Å². The van der Waals surface area contributed by atoms with E-state index in [2.05, 4.69) is 34.4 Å². The van der Waals surface area contributed by atoms with Crippen molar-refractivity contribution in [2.24, 2.45) is 4.99 Å². The highest BCUT2D eigenvalue weighted by molar-refractivity contribution is 5.79. The maximum atomic E-state index is 5.74. The van der Waals surface area contributed by atoms with Gasteiger partial charge in [0.15, 0.2) is 5.96 Å². The predicted octanol–water partition coefficient (Wildman–Crippen LogP) is 1.74. The van der Waals surface area contributed by atoms with Gasteiger partial charge in [-0.2, -0.15) is 0 Å². The molecule has 0 aliphatic carbocycles. The van der Waals surface area contributed by atoms with Gasteiger partial charge in [-0.05, 0) is 44.5 Å². The third-order valence-corrected chi connectivity index (χ3v) is 4.72. The van der Waals surface area contributed by atoms with Crippen LogP contribution in [0.15, 0.2) is 29.3 Å². The van der Waals surface area contributed by atoms with Gasteiger partial charge in [-0.3, -0.25) is 9.89 Å². The molecule has 1 fully saturated rings. The van der Waals surface area contributed by atoms with Crippen LogP contribution in [0.2, 0.25) is 0 Å². The van der Waals surface area contributed by atoms with Crippen LogP contribution in [-0.2, 0) is 4.74 Å². The number of ether oxygens (including phenoxy) is 3. The number of guanidine groups is 1. The minimum Gasteiger partial charge on any atom is -0.497 e. The van der Waals surface area contributed by atoms with E-state index in [0.717, 1.165) is 63.3 Å². The number of hydrogen-bond donors (Lipinski definition) is 2. The van der Waals surface area contributed by atoms with E-state index in [9.17, 15) is 0 Å². The topological polar surface area (TPSA) is 67.4 Å². The Bertz CT molecular complexity index is 569. The SMILES string of the molecule is CN=C(NCCCOc1ccc(OC)cc1)NCC(C)(C)N1CCOCC1. The number of nitrogens with one attached hydrogen (secondary N) is 2. The van der Waals surface area contributed by atoms with E-state index in [1.165, 1.54) is 0 Å². The van der Waals surface area contributed by atoms with Crippen LogP contribution >= 0.6 is 0 Å². The molecule has 2 rings (SSSR count). The zero-order valence-electron chi connectivity index (χ0n) is 17.1. The molecule has 7 nitrogen and oxygen atoms in total. The van der Waals surface area contributed by atoms with Gasteiger partial charge in [0.25, 0.3) is 0 Å². The third kappa shape index (κ3) is 7.27. The van der Waals surface area contributed by atoms with Crippen molar-refractivity contribution in [2.45, 2.75) is 25.8 Å². The number of hydrogen-bond acceptors (Lipinski definition) is 5. The second-order valence-electron chi connectivity index (χ2n) is 7.14. The van der Waals surface area contributed by atoms with Crippen LogP contribution in [0.4, 0.5) is 0 Å². The molecule has 0 unspecified atom stereocenters. The summed E-state index contributed by atoms with van der Waals surface area (Å²) in [6.07, 6.45) is 0.888. The molecule has 27 heavy (non-hydrogen) atoms. The summed E-state index contributed by atoms with van der Waals surface area (Å²) >= 11 is 0. The molecular weight excluding hydrogens is 344 g/mol. The summed E-state index contributed by atoms with van der Waals surface area (Å²) in [5, 5.41) is 6.78. The first-order chi connectivity index (χ1) is 13.0. The fourth-order valence-corrected chi connectivity index (χ4v) is 2.94. The van der Waals surface area contributed by atoms with Crippen molar-refractivity contribution in [3.8, 4) is 11.5 Å². The summed E-state index contributed by atoms with van der Waals surface area (Å²) in [5.74, 6) is 2.50. The molecule has 2 N–H and O–H groups in total. The van der Waals surface area contributed by atoms with E-state index in [4.69, 9.17) is 14.2 Å². The van der Waals surface area contributed by atoms with E-state index in [-0.39, 0.29) is 5.54 Å². The van der Waals surface area contributed by atoms with Gasteiger partial charge in [0, 0.05) is 38.8 Å². The first-order valence-electron chi connectivity index (χ1n) is 9.59. The molecule has 0 aromatic heterocycles. The largest absolute Gasteiger partial charge is 0.497 e. The molecule has 1 heterocycles. The summed E-state index contributed by atoms with van der Waals surface area (Å²) in [6.45, 7) is 10.4. The number of aliphatic imine (C=N–C) groups is 1. The highest BCUT2D eigenvalue weighted by atomic mass is 16.5. The van der Waals surface area contributed by atoms with E-state index >= 15 is 0 Å². The Balaban J connectivity index is 1.63. The Labute approximate surface area is 163 Å². The number of methoxy groups -OCH3 is 1. The van der Waals surface area contributed by atoms with E-state index in [0.29, 0.717) is 6.61 Å². The van der Waals surface area contributed by atoms with Crippen molar-refractivity contribution in [1.82, 2.24) is 15.5 Å². The van der Waals surface area contributed by atoms with Gasteiger partial charge in [-0.1, -0.05) is 0 Å². The van der Waals surface area contributed by atoms with Crippen molar-refractivity contribution in [2.75, 3.05) is 60.2 Å². The molecule has 1 aromatic carbocycles. The minimum absolute atomic E-state index is 0.0544. The second-order valence-corrected chi connectivity index (χ2v) is 7.14. The lowest BCUT2D eigenvalue weighted by Crippen LogP contribution is -2.56. The molecule has 0 atom stereocenters. The number of morpholine rings is 1. The predicted molar refractivity (Wildman–Crippen MR) is 109 cm³/mol. The third-order valence-electron chi connectivity index (χ3n) is 4.72. The van der Waals surface area contributed by atoms with Gasteiger partial charge in [0.05, 0.1) is 26.9 Å². The van der Waals surface area contributed by atoms with E-state index in [1.54, 1.807) is 14.2 Å². The maximum Gasteiger partial charge on any atom is 0.191 e. The monoisotopic (exact) mass is 378 g/mol. The molecule has 0 radical (unpaired) electrons. The molecular formula is C20H34N4O3. The van der Waals surface area contributed by atoms with Crippen LogP contribution in [0.5, 0.6) is 11.5 Å². The van der Waals surface area contributed by atoms with Gasteiger partial charge in [-0.15, -0.1) is 0 Å². The summed E-state index contributed by atoms with van der Waals surface area (Å²) in [6, 6.07) is 7.63. The normalized spacial score (nSPS) is 16.1. The molecule has 0 spiro atoms. The standard InChI is InChI=1S/C20H34N4O3/c1-20(2,24-11-14-26-15-12-24)16-23-19(21-3)22-10-5-13-27-18-8-6-17(25-4)7-9-18/h6-9H,5,10-16H2,1-4H3,(H2,21,22,23).